The minimum Gasteiger partial charge on any atom is -0.369 e. The molecule has 3 aliphatic heterocycles. The standard InChI is InChI=1S/C17H21N3O3S/c1-19-14(21)3-2-13(18-19)16(22)20-8-6-17(7-9-20)15-12(4-10-23-17)5-11-24-15/h5,11H,2-4,6-10H2,1H3. The maximum Gasteiger partial charge on any atom is 0.270 e. The van der Waals surface area contributed by atoms with Gasteiger partial charge in [-0.2, -0.15) is 5.10 Å². The second-order valence-electron chi connectivity index (χ2n) is 6.62. The minimum absolute atomic E-state index is 0.0357. The topological polar surface area (TPSA) is 62.2 Å². The average molecular weight is 347 g/mol. The number of likely N-dealkylation sites (tertiary alicyclic amines) is 1. The fourth-order valence-corrected chi connectivity index (χ4v) is 4.97. The van der Waals surface area contributed by atoms with Crippen molar-refractivity contribution in [2.24, 2.45) is 5.10 Å². The number of piperidine rings is 1. The summed E-state index contributed by atoms with van der Waals surface area (Å²) in [5.74, 6) is -0.0728. The van der Waals surface area contributed by atoms with E-state index in [1.165, 1.54) is 15.4 Å². The van der Waals surface area contributed by atoms with Crippen molar-refractivity contribution in [3.8, 4) is 0 Å². The van der Waals surface area contributed by atoms with E-state index in [0.29, 0.717) is 31.6 Å². The monoisotopic (exact) mass is 347 g/mol. The molecule has 0 atom stereocenters. The summed E-state index contributed by atoms with van der Waals surface area (Å²) in [5.41, 5.74) is 1.69. The van der Waals surface area contributed by atoms with Gasteiger partial charge in [0.25, 0.3) is 5.91 Å². The number of carbonyl (C=O) groups is 2. The van der Waals surface area contributed by atoms with Crippen molar-refractivity contribution in [2.75, 3.05) is 26.7 Å². The van der Waals surface area contributed by atoms with Crippen LogP contribution in [0.4, 0.5) is 0 Å². The van der Waals surface area contributed by atoms with Crippen molar-refractivity contribution < 1.29 is 14.3 Å². The van der Waals surface area contributed by atoms with Gasteiger partial charge in [-0.3, -0.25) is 9.59 Å². The number of hydrogen-bond acceptors (Lipinski definition) is 5. The summed E-state index contributed by atoms with van der Waals surface area (Å²) >= 11 is 1.77. The normalized spacial score (nSPS) is 23.2. The molecular weight excluding hydrogens is 326 g/mol. The van der Waals surface area contributed by atoms with Crippen LogP contribution in [0.25, 0.3) is 0 Å². The van der Waals surface area contributed by atoms with Crippen molar-refractivity contribution in [1.29, 1.82) is 0 Å². The van der Waals surface area contributed by atoms with Crippen LogP contribution in [0, 0.1) is 0 Å². The minimum atomic E-state index is -0.209. The lowest BCUT2D eigenvalue weighted by atomic mass is 9.85. The van der Waals surface area contributed by atoms with Crippen LogP contribution >= 0.6 is 11.3 Å². The highest BCUT2D eigenvalue weighted by molar-refractivity contribution is 7.10. The molecule has 1 fully saturated rings. The summed E-state index contributed by atoms with van der Waals surface area (Å²) in [6.07, 6.45) is 3.44. The molecule has 0 unspecified atom stereocenters. The maximum atomic E-state index is 12.7. The predicted molar refractivity (Wildman–Crippen MR) is 90.9 cm³/mol. The smallest absolute Gasteiger partial charge is 0.270 e. The van der Waals surface area contributed by atoms with Gasteiger partial charge < -0.3 is 9.64 Å². The molecule has 4 rings (SSSR count). The molecule has 24 heavy (non-hydrogen) atoms. The first-order valence-electron chi connectivity index (χ1n) is 8.43. The first kappa shape index (κ1) is 15.8. The van der Waals surface area contributed by atoms with Gasteiger partial charge in [0.2, 0.25) is 5.91 Å². The third-order valence-electron chi connectivity index (χ3n) is 5.22. The molecule has 1 spiro atoms. The van der Waals surface area contributed by atoms with Gasteiger partial charge in [-0.05, 0) is 36.3 Å². The summed E-state index contributed by atoms with van der Waals surface area (Å²) in [7, 11) is 1.61. The Kier molecular flexibility index (Phi) is 3.92. The fourth-order valence-electron chi connectivity index (χ4n) is 3.80. The van der Waals surface area contributed by atoms with E-state index in [9.17, 15) is 9.59 Å². The third kappa shape index (κ3) is 2.56. The number of fused-ring (bicyclic) bond motifs is 2. The van der Waals surface area contributed by atoms with Gasteiger partial charge in [0.05, 0.1) is 6.61 Å². The fraction of sp³-hybridized carbons (Fsp3) is 0.588. The van der Waals surface area contributed by atoms with Gasteiger partial charge >= 0.3 is 0 Å². The van der Waals surface area contributed by atoms with Crippen LogP contribution in [-0.4, -0.2) is 54.2 Å². The van der Waals surface area contributed by atoms with E-state index >= 15 is 0 Å². The Morgan fingerprint density at radius 3 is 2.83 bits per heavy atom. The zero-order chi connectivity index (χ0) is 16.7. The molecule has 0 saturated carbocycles. The van der Waals surface area contributed by atoms with Crippen molar-refractivity contribution in [2.45, 2.75) is 37.7 Å². The average Bonchev–Trinajstić information content (AvgIpc) is 3.08. The van der Waals surface area contributed by atoms with Gasteiger partial charge in [0.1, 0.15) is 11.3 Å². The number of nitrogens with zero attached hydrogens (tertiary/aromatic N) is 3. The first-order chi connectivity index (χ1) is 11.6. The second-order valence-corrected chi connectivity index (χ2v) is 7.54. The number of amides is 2. The molecule has 128 valence electrons. The largest absolute Gasteiger partial charge is 0.369 e. The van der Waals surface area contributed by atoms with Gasteiger partial charge in [-0.25, -0.2) is 5.01 Å². The van der Waals surface area contributed by atoms with Crippen molar-refractivity contribution in [1.82, 2.24) is 9.91 Å². The molecule has 0 N–H and O–H groups in total. The summed E-state index contributed by atoms with van der Waals surface area (Å²) in [6.45, 7) is 2.11. The molecule has 2 amide bonds. The molecule has 3 aliphatic rings. The molecule has 4 heterocycles. The Labute approximate surface area is 145 Å². The predicted octanol–water partition coefficient (Wildman–Crippen LogP) is 1.75. The number of carbonyl (C=O) groups excluding carboxylic acids is 2. The van der Waals surface area contributed by atoms with Crippen LogP contribution in [0.3, 0.4) is 0 Å². The molecule has 0 bridgehead atoms. The van der Waals surface area contributed by atoms with Crippen molar-refractivity contribution in [3.05, 3.63) is 21.9 Å². The van der Waals surface area contributed by atoms with E-state index in [1.54, 1.807) is 18.4 Å². The van der Waals surface area contributed by atoms with Crippen LogP contribution in [0.1, 0.15) is 36.1 Å². The van der Waals surface area contributed by atoms with E-state index in [0.717, 1.165) is 25.9 Å². The molecule has 6 nitrogen and oxygen atoms in total. The highest BCUT2D eigenvalue weighted by atomic mass is 32.1. The third-order valence-corrected chi connectivity index (χ3v) is 6.36. The van der Waals surface area contributed by atoms with Gasteiger partial charge in [-0.1, -0.05) is 0 Å². The van der Waals surface area contributed by atoms with Gasteiger partial charge in [-0.15, -0.1) is 11.3 Å². The first-order valence-corrected chi connectivity index (χ1v) is 9.31. The lowest BCUT2D eigenvalue weighted by molar-refractivity contribution is -0.134. The number of rotatable bonds is 1. The van der Waals surface area contributed by atoms with E-state index in [1.807, 2.05) is 4.90 Å². The summed E-state index contributed by atoms with van der Waals surface area (Å²) in [6, 6.07) is 2.20. The molecule has 0 aromatic carbocycles. The molecule has 1 aromatic heterocycles. The van der Waals surface area contributed by atoms with Gasteiger partial charge in [0, 0.05) is 37.9 Å². The maximum absolute atomic E-state index is 12.7. The quantitative estimate of drug-likeness (QED) is 0.777. The molecule has 0 aliphatic carbocycles. The Morgan fingerprint density at radius 2 is 2.08 bits per heavy atom. The summed E-state index contributed by atoms with van der Waals surface area (Å²) in [5, 5.41) is 7.57. The highest BCUT2D eigenvalue weighted by Gasteiger charge is 2.43. The Balaban J connectivity index is 1.47. The summed E-state index contributed by atoms with van der Waals surface area (Å²) < 4.78 is 6.19. The zero-order valence-corrected chi connectivity index (χ0v) is 14.6. The van der Waals surface area contributed by atoms with E-state index in [2.05, 4.69) is 16.5 Å². The van der Waals surface area contributed by atoms with Crippen LogP contribution < -0.4 is 0 Å². The Morgan fingerprint density at radius 1 is 1.29 bits per heavy atom. The van der Waals surface area contributed by atoms with Crippen LogP contribution in [0.2, 0.25) is 0 Å². The number of hydrogen-bond donors (Lipinski definition) is 0. The van der Waals surface area contributed by atoms with Crippen LogP contribution in [0.15, 0.2) is 16.5 Å². The van der Waals surface area contributed by atoms with Crippen molar-refractivity contribution >= 4 is 28.9 Å². The van der Waals surface area contributed by atoms with E-state index in [-0.39, 0.29) is 17.4 Å². The van der Waals surface area contributed by atoms with E-state index in [4.69, 9.17) is 4.74 Å². The summed E-state index contributed by atoms with van der Waals surface area (Å²) in [4.78, 5) is 27.4. The lowest BCUT2D eigenvalue weighted by Gasteiger charge is -2.43. The second kappa shape index (κ2) is 5.97. The SMILES string of the molecule is CN1N=C(C(=O)N2CCC3(CC2)OCCc2ccsc23)CCC1=O. The highest BCUT2D eigenvalue weighted by Crippen LogP contribution is 2.44. The molecule has 1 aromatic rings. The number of hydrazone groups is 1. The lowest BCUT2D eigenvalue weighted by Crippen LogP contribution is -2.50. The van der Waals surface area contributed by atoms with Gasteiger partial charge in [0.15, 0.2) is 0 Å². The Hall–Kier alpha value is -1.73. The zero-order valence-electron chi connectivity index (χ0n) is 13.8. The number of thiophene rings is 1. The molecular formula is C17H21N3O3S. The van der Waals surface area contributed by atoms with Crippen LogP contribution in [0.5, 0.6) is 0 Å². The van der Waals surface area contributed by atoms with Crippen molar-refractivity contribution in [3.63, 3.8) is 0 Å². The van der Waals surface area contributed by atoms with Crippen LogP contribution in [-0.2, 0) is 26.3 Å². The molecule has 0 radical (unpaired) electrons. The Bertz CT molecular complexity index is 704. The van der Waals surface area contributed by atoms with E-state index < -0.39 is 0 Å². The molecule has 1 saturated heterocycles. The number of ether oxygens (including phenoxy) is 1. The molecule has 7 heteroatoms.